The van der Waals surface area contributed by atoms with Crippen LogP contribution in [-0.4, -0.2) is 12.2 Å². The van der Waals surface area contributed by atoms with Gasteiger partial charge >= 0.3 is 5.97 Å². The quantitative estimate of drug-likeness (QED) is 0.364. The summed E-state index contributed by atoms with van der Waals surface area (Å²) in [6.45, 7) is 0.215. The molecule has 0 spiro atoms. The van der Waals surface area contributed by atoms with Crippen molar-refractivity contribution in [2.24, 2.45) is 4.99 Å². The van der Waals surface area contributed by atoms with Crippen LogP contribution < -0.4 is 0 Å². The largest absolute Gasteiger partial charge is 0.456 e. The summed E-state index contributed by atoms with van der Waals surface area (Å²) in [6, 6.07) is 28.8. The van der Waals surface area contributed by atoms with Gasteiger partial charge in [-0.3, -0.25) is 0 Å². The molecule has 0 amide bonds. The van der Waals surface area contributed by atoms with Crippen molar-refractivity contribution >= 4 is 18.3 Å². The lowest BCUT2D eigenvalue weighted by atomic mass is 10.2. The summed E-state index contributed by atoms with van der Waals surface area (Å²) >= 11 is 0. The van der Waals surface area contributed by atoms with E-state index in [0.717, 1.165) is 16.7 Å². The maximum atomic E-state index is 12.5. The van der Waals surface area contributed by atoms with Crippen molar-refractivity contribution in [3.8, 4) is 0 Å². The van der Waals surface area contributed by atoms with E-state index in [-0.39, 0.29) is 12.3 Å². The van der Waals surface area contributed by atoms with E-state index in [2.05, 4.69) is 4.99 Å². The first-order valence-corrected chi connectivity index (χ1v) is 8.38. The maximum absolute atomic E-state index is 12.5. The number of benzene rings is 3. The third-order valence-corrected chi connectivity index (χ3v) is 3.68. The molecule has 0 unspecified atom stereocenters. The van der Waals surface area contributed by atoms with Gasteiger partial charge in [0.25, 0.3) is 0 Å². The summed E-state index contributed by atoms with van der Waals surface area (Å²) in [5.41, 5.74) is 3.01. The molecule has 3 nitrogen and oxygen atoms in total. The fourth-order valence-corrected chi connectivity index (χ4v) is 2.34. The normalized spacial score (nSPS) is 11.5. The minimum absolute atomic E-state index is 0.215. The van der Waals surface area contributed by atoms with Crippen LogP contribution in [0.1, 0.15) is 16.7 Å². The molecule has 26 heavy (non-hydrogen) atoms. The molecule has 0 aliphatic carbocycles. The molecule has 128 valence electrons. The van der Waals surface area contributed by atoms with Crippen molar-refractivity contribution in [2.45, 2.75) is 6.61 Å². The Morgan fingerprint density at radius 3 is 1.92 bits per heavy atom. The molecule has 0 N–H and O–H groups in total. The van der Waals surface area contributed by atoms with E-state index in [9.17, 15) is 4.79 Å². The summed E-state index contributed by atoms with van der Waals surface area (Å²) in [6.07, 6.45) is 3.39. The molecule has 0 aromatic heterocycles. The van der Waals surface area contributed by atoms with Gasteiger partial charge in [-0.2, -0.15) is 0 Å². The van der Waals surface area contributed by atoms with Gasteiger partial charge in [0.1, 0.15) is 12.3 Å². The maximum Gasteiger partial charge on any atom is 0.357 e. The number of carbonyl (C=O) groups is 1. The summed E-state index contributed by atoms with van der Waals surface area (Å²) < 4.78 is 5.43. The smallest absolute Gasteiger partial charge is 0.357 e. The molecule has 3 heteroatoms. The second kappa shape index (κ2) is 9.14. The predicted octanol–water partition coefficient (Wildman–Crippen LogP) is 4.89. The van der Waals surface area contributed by atoms with Crippen molar-refractivity contribution < 1.29 is 9.53 Å². The van der Waals surface area contributed by atoms with Crippen molar-refractivity contribution in [1.29, 1.82) is 0 Å². The van der Waals surface area contributed by atoms with E-state index >= 15 is 0 Å². The number of carbonyl (C=O) groups excluding carboxylic acids is 1. The van der Waals surface area contributed by atoms with Crippen LogP contribution in [0, 0.1) is 0 Å². The Labute approximate surface area is 153 Å². The van der Waals surface area contributed by atoms with Crippen LogP contribution in [-0.2, 0) is 16.1 Å². The number of esters is 1. The Kier molecular flexibility index (Phi) is 6.10. The molecule has 0 aliphatic heterocycles. The minimum Gasteiger partial charge on any atom is -0.456 e. The zero-order chi connectivity index (χ0) is 18.0. The number of hydrogen-bond donors (Lipinski definition) is 0. The van der Waals surface area contributed by atoms with Gasteiger partial charge in [0.05, 0.1) is 0 Å². The molecule has 0 heterocycles. The van der Waals surface area contributed by atoms with E-state index in [4.69, 9.17) is 4.74 Å². The first-order chi connectivity index (χ1) is 12.8. The third-order valence-electron chi connectivity index (χ3n) is 3.68. The van der Waals surface area contributed by atoms with Gasteiger partial charge in [-0.15, -0.1) is 0 Å². The Bertz CT molecular complexity index is 885. The van der Waals surface area contributed by atoms with Crippen molar-refractivity contribution in [2.75, 3.05) is 0 Å². The molecule has 0 aliphatic rings. The second-order valence-electron chi connectivity index (χ2n) is 5.67. The molecule has 0 atom stereocenters. The Morgan fingerprint density at radius 2 is 1.31 bits per heavy atom. The van der Waals surface area contributed by atoms with E-state index in [1.54, 1.807) is 12.3 Å². The average molecular weight is 341 g/mol. The molecule has 3 rings (SSSR count). The molecule has 0 saturated heterocycles. The third kappa shape index (κ3) is 5.28. The zero-order valence-corrected chi connectivity index (χ0v) is 14.3. The van der Waals surface area contributed by atoms with Crippen LogP contribution in [0.5, 0.6) is 0 Å². The molecule has 0 saturated carbocycles. The van der Waals surface area contributed by atoms with Crippen LogP contribution in [0.4, 0.5) is 0 Å². The topological polar surface area (TPSA) is 38.7 Å². The fraction of sp³-hybridized carbons (Fsp3) is 0.0435. The molecule has 0 fully saturated rings. The predicted molar refractivity (Wildman–Crippen MR) is 105 cm³/mol. The molecular formula is C23H19NO2. The lowest BCUT2D eigenvalue weighted by Gasteiger charge is -2.06. The SMILES string of the molecule is O=C(OCc1ccccc1)C(=Cc1ccccc1)N=Cc1ccccc1. The second-order valence-corrected chi connectivity index (χ2v) is 5.67. The Balaban J connectivity index is 1.79. The average Bonchev–Trinajstić information content (AvgIpc) is 2.71. The highest BCUT2D eigenvalue weighted by atomic mass is 16.5. The molecule has 0 bridgehead atoms. The lowest BCUT2D eigenvalue weighted by Crippen LogP contribution is -2.07. The van der Waals surface area contributed by atoms with E-state index in [1.165, 1.54) is 0 Å². The first kappa shape index (κ1) is 17.4. The summed E-state index contributed by atoms with van der Waals surface area (Å²) in [5.74, 6) is -0.454. The summed E-state index contributed by atoms with van der Waals surface area (Å²) in [7, 11) is 0. The molecule has 0 radical (unpaired) electrons. The van der Waals surface area contributed by atoms with Crippen LogP contribution in [0.2, 0.25) is 0 Å². The highest BCUT2D eigenvalue weighted by Crippen LogP contribution is 2.12. The minimum atomic E-state index is -0.454. The van der Waals surface area contributed by atoms with E-state index in [0.29, 0.717) is 0 Å². The molecular weight excluding hydrogens is 322 g/mol. The zero-order valence-electron chi connectivity index (χ0n) is 14.3. The molecule has 3 aromatic rings. The van der Waals surface area contributed by atoms with Gasteiger partial charge in [0.2, 0.25) is 0 Å². The van der Waals surface area contributed by atoms with Crippen molar-refractivity contribution in [1.82, 2.24) is 0 Å². The number of aliphatic imine (C=N–C) groups is 1. The Morgan fingerprint density at radius 1 is 0.769 bits per heavy atom. The van der Waals surface area contributed by atoms with E-state index < -0.39 is 5.97 Å². The monoisotopic (exact) mass is 341 g/mol. The van der Waals surface area contributed by atoms with Gasteiger partial charge in [-0.1, -0.05) is 91.0 Å². The lowest BCUT2D eigenvalue weighted by molar-refractivity contribution is -0.140. The number of hydrogen-bond acceptors (Lipinski definition) is 3. The van der Waals surface area contributed by atoms with Gasteiger partial charge in [-0.25, -0.2) is 9.79 Å². The van der Waals surface area contributed by atoms with Gasteiger partial charge in [0.15, 0.2) is 0 Å². The fourth-order valence-electron chi connectivity index (χ4n) is 2.34. The Hall–Kier alpha value is -3.46. The highest BCUT2D eigenvalue weighted by Gasteiger charge is 2.10. The standard InChI is InChI=1S/C23H19NO2/c25-23(26-18-21-14-8-3-9-15-21)22(16-19-10-4-1-5-11-19)24-17-20-12-6-2-7-13-20/h1-17H,18H2. The van der Waals surface area contributed by atoms with Gasteiger partial charge in [-0.05, 0) is 22.8 Å². The van der Waals surface area contributed by atoms with Crippen molar-refractivity contribution in [3.63, 3.8) is 0 Å². The number of ether oxygens (including phenoxy) is 1. The first-order valence-electron chi connectivity index (χ1n) is 8.38. The van der Waals surface area contributed by atoms with Crippen LogP contribution in [0.15, 0.2) is 102 Å². The highest BCUT2D eigenvalue weighted by molar-refractivity contribution is 5.96. The molecule has 3 aromatic carbocycles. The summed E-state index contributed by atoms with van der Waals surface area (Å²) in [4.78, 5) is 16.9. The number of rotatable bonds is 6. The number of nitrogens with zero attached hydrogens (tertiary/aromatic N) is 1. The van der Waals surface area contributed by atoms with Crippen LogP contribution >= 0.6 is 0 Å². The summed E-state index contributed by atoms with van der Waals surface area (Å²) in [5, 5.41) is 0. The van der Waals surface area contributed by atoms with Gasteiger partial charge in [0, 0.05) is 6.21 Å². The van der Waals surface area contributed by atoms with Crippen molar-refractivity contribution in [3.05, 3.63) is 113 Å². The van der Waals surface area contributed by atoms with E-state index in [1.807, 2.05) is 91.0 Å². The van der Waals surface area contributed by atoms with Gasteiger partial charge < -0.3 is 4.74 Å². The van der Waals surface area contributed by atoms with Crippen LogP contribution in [0.3, 0.4) is 0 Å². The van der Waals surface area contributed by atoms with Crippen LogP contribution in [0.25, 0.3) is 6.08 Å².